The summed E-state index contributed by atoms with van der Waals surface area (Å²) >= 11 is 0. The van der Waals surface area contributed by atoms with Crippen LogP contribution in [0.5, 0.6) is 0 Å². The summed E-state index contributed by atoms with van der Waals surface area (Å²) in [4.78, 5) is 45.9. The highest BCUT2D eigenvalue weighted by Crippen LogP contribution is 2.48. The van der Waals surface area contributed by atoms with Crippen LogP contribution in [0, 0.1) is 11.3 Å². The summed E-state index contributed by atoms with van der Waals surface area (Å²) in [6.07, 6.45) is 1.12. The van der Waals surface area contributed by atoms with E-state index >= 15 is 0 Å². The van der Waals surface area contributed by atoms with Gasteiger partial charge in [-0.2, -0.15) is 0 Å². The standard InChI is InChI=1S/C30H29N3O3/c1-19(34)33-25-12-8-7-11-23(25)32-24-17-30(2,3)18-26(35)27(24)28(33)20-13-15-22(16-14-20)31-29(36)21-9-5-4-6-10-21/h4-16,27-28H,17-18H2,1-3H3,(H,31,36). The summed E-state index contributed by atoms with van der Waals surface area (Å²) in [6, 6.07) is 23.5. The van der Waals surface area contributed by atoms with E-state index in [9.17, 15) is 14.4 Å². The number of rotatable bonds is 3. The number of amides is 2. The molecular weight excluding hydrogens is 450 g/mol. The number of fused-ring (bicyclic) bond motifs is 2. The molecule has 1 aliphatic carbocycles. The SMILES string of the molecule is CC(=O)N1c2ccccc2N=C2CC(C)(C)CC(=O)C2C1c1ccc(NC(=O)c2ccccc2)cc1. The van der Waals surface area contributed by atoms with E-state index in [1.807, 2.05) is 66.7 Å². The number of hydrogen-bond donors (Lipinski definition) is 1. The molecule has 2 unspecified atom stereocenters. The van der Waals surface area contributed by atoms with Crippen molar-refractivity contribution in [2.75, 3.05) is 10.2 Å². The van der Waals surface area contributed by atoms with E-state index in [1.165, 1.54) is 6.92 Å². The van der Waals surface area contributed by atoms with E-state index in [1.54, 1.807) is 17.0 Å². The first-order chi connectivity index (χ1) is 17.2. The van der Waals surface area contributed by atoms with Crippen LogP contribution in [0.15, 0.2) is 83.9 Å². The van der Waals surface area contributed by atoms with Gasteiger partial charge in [0.2, 0.25) is 5.91 Å². The van der Waals surface area contributed by atoms with Crippen molar-refractivity contribution in [1.82, 2.24) is 0 Å². The molecular formula is C30H29N3O3. The van der Waals surface area contributed by atoms with Crippen LogP contribution in [0.2, 0.25) is 0 Å². The second-order valence-corrected chi connectivity index (χ2v) is 10.3. The van der Waals surface area contributed by atoms with Gasteiger partial charge in [0.15, 0.2) is 0 Å². The minimum atomic E-state index is -0.529. The number of hydrogen-bond acceptors (Lipinski definition) is 4. The zero-order valence-corrected chi connectivity index (χ0v) is 20.7. The van der Waals surface area contributed by atoms with Crippen molar-refractivity contribution in [3.05, 3.63) is 90.0 Å². The number of carbonyl (C=O) groups is 3. The lowest BCUT2D eigenvalue weighted by atomic mass is 9.68. The maximum absolute atomic E-state index is 13.6. The van der Waals surface area contributed by atoms with Crippen LogP contribution >= 0.6 is 0 Å². The number of nitrogens with zero attached hydrogens (tertiary/aromatic N) is 2. The van der Waals surface area contributed by atoms with E-state index in [0.717, 1.165) is 11.3 Å². The van der Waals surface area contributed by atoms with Gasteiger partial charge in [0, 0.05) is 30.3 Å². The molecule has 1 aliphatic heterocycles. The third-order valence-electron chi connectivity index (χ3n) is 6.90. The molecule has 3 aromatic carbocycles. The van der Waals surface area contributed by atoms with Crippen molar-refractivity contribution in [2.45, 2.75) is 39.7 Å². The van der Waals surface area contributed by atoms with Crippen LogP contribution in [0.1, 0.15) is 55.6 Å². The summed E-state index contributed by atoms with van der Waals surface area (Å²) in [5, 5.41) is 2.92. The van der Waals surface area contributed by atoms with Crippen LogP contribution in [0.25, 0.3) is 0 Å². The first kappa shape index (κ1) is 23.7. The van der Waals surface area contributed by atoms with Crippen LogP contribution < -0.4 is 10.2 Å². The number of aliphatic imine (C=N–C) groups is 1. The van der Waals surface area contributed by atoms with E-state index in [2.05, 4.69) is 19.2 Å². The van der Waals surface area contributed by atoms with Gasteiger partial charge in [-0.25, -0.2) is 0 Å². The number of anilines is 2. The predicted octanol–water partition coefficient (Wildman–Crippen LogP) is 6.12. The number of benzene rings is 3. The molecule has 1 N–H and O–H groups in total. The molecule has 1 heterocycles. The molecule has 3 aromatic rings. The molecule has 0 bridgehead atoms. The molecule has 6 nitrogen and oxygen atoms in total. The average molecular weight is 480 g/mol. The molecule has 0 aromatic heterocycles. The minimum Gasteiger partial charge on any atom is -0.322 e. The quantitative estimate of drug-likeness (QED) is 0.491. The monoisotopic (exact) mass is 479 g/mol. The van der Waals surface area contributed by atoms with Crippen LogP contribution in [0.4, 0.5) is 17.1 Å². The zero-order chi connectivity index (χ0) is 25.4. The Hall–Kier alpha value is -4.06. The van der Waals surface area contributed by atoms with Gasteiger partial charge < -0.3 is 10.2 Å². The summed E-state index contributed by atoms with van der Waals surface area (Å²) < 4.78 is 0. The Morgan fingerprint density at radius 3 is 2.28 bits per heavy atom. The van der Waals surface area contributed by atoms with Gasteiger partial charge in [0.25, 0.3) is 5.91 Å². The van der Waals surface area contributed by atoms with Gasteiger partial charge in [-0.3, -0.25) is 19.4 Å². The molecule has 5 rings (SSSR count). The highest BCUT2D eigenvalue weighted by atomic mass is 16.2. The molecule has 36 heavy (non-hydrogen) atoms. The number of Topliss-reactive ketones (excluding diaryl/α,β-unsaturated/α-hetero) is 1. The molecule has 2 aliphatic rings. The van der Waals surface area contributed by atoms with E-state index in [4.69, 9.17) is 4.99 Å². The summed E-state index contributed by atoms with van der Waals surface area (Å²) in [6.45, 7) is 5.70. The first-order valence-corrected chi connectivity index (χ1v) is 12.2. The van der Waals surface area contributed by atoms with Crippen molar-refractivity contribution in [3.8, 4) is 0 Å². The van der Waals surface area contributed by atoms with E-state index in [-0.39, 0.29) is 23.0 Å². The fraction of sp³-hybridized carbons (Fsp3) is 0.267. The lowest BCUT2D eigenvalue weighted by Gasteiger charge is -2.40. The van der Waals surface area contributed by atoms with Crippen molar-refractivity contribution >= 4 is 40.4 Å². The van der Waals surface area contributed by atoms with Crippen LogP contribution in [-0.2, 0) is 9.59 Å². The molecule has 2 amide bonds. The minimum absolute atomic E-state index is 0.0931. The van der Waals surface area contributed by atoms with Gasteiger partial charge in [-0.05, 0) is 53.8 Å². The predicted molar refractivity (Wildman–Crippen MR) is 142 cm³/mol. The van der Waals surface area contributed by atoms with Gasteiger partial charge in [-0.15, -0.1) is 0 Å². The van der Waals surface area contributed by atoms with E-state index in [0.29, 0.717) is 35.5 Å². The first-order valence-electron chi connectivity index (χ1n) is 12.2. The zero-order valence-electron chi connectivity index (χ0n) is 20.7. The van der Waals surface area contributed by atoms with Crippen molar-refractivity contribution in [1.29, 1.82) is 0 Å². The van der Waals surface area contributed by atoms with Gasteiger partial charge in [0.05, 0.1) is 23.3 Å². The highest BCUT2D eigenvalue weighted by molar-refractivity contribution is 6.13. The number of ketones is 1. The Morgan fingerprint density at radius 1 is 0.917 bits per heavy atom. The summed E-state index contributed by atoms with van der Waals surface area (Å²) in [7, 11) is 0. The van der Waals surface area contributed by atoms with Gasteiger partial charge in [0.1, 0.15) is 5.78 Å². The Kier molecular flexibility index (Phi) is 6.04. The summed E-state index contributed by atoms with van der Waals surface area (Å²) in [5.41, 5.74) is 4.06. The molecule has 2 atom stereocenters. The Labute approximate surface area is 211 Å². The van der Waals surface area contributed by atoms with E-state index < -0.39 is 12.0 Å². The fourth-order valence-corrected chi connectivity index (χ4v) is 5.38. The molecule has 6 heteroatoms. The van der Waals surface area contributed by atoms with Gasteiger partial charge in [-0.1, -0.05) is 56.3 Å². The second kappa shape index (κ2) is 9.19. The molecule has 1 saturated carbocycles. The number of para-hydroxylation sites is 2. The number of carbonyl (C=O) groups excluding carboxylic acids is 3. The molecule has 1 fully saturated rings. The van der Waals surface area contributed by atoms with Crippen LogP contribution in [-0.4, -0.2) is 23.3 Å². The van der Waals surface area contributed by atoms with Crippen molar-refractivity contribution in [3.63, 3.8) is 0 Å². The molecule has 0 radical (unpaired) electrons. The fourth-order valence-electron chi connectivity index (χ4n) is 5.38. The Morgan fingerprint density at radius 2 is 1.58 bits per heavy atom. The maximum Gasteiger partial charge on any atom is 0.255 e. The third-order valence-corrected chi connectivity index (χ3v) is 6.90. The second-order valence-electron chi connectivity index (χ2n) is 10.3. The Bertz CT molecular complexity index is 1360. The average Bonchev–Trinajstić information content (AvgIpc) is 2.98. The number of nitrogens with one attached hydrogen (secondary N) is 1. The lowest BCUT2D eigenvalue weighted by Crippen LogP contribution is -2.46. The van der Waals surface area contributed by atoms with Crippen molar-refractivity contribution in [2.24, 2.45) is 16.3 Å². The summed E-state index contributed by atoms with van der Waals surface area (Å²) in [5.74, 6) is -0.784. The molecule has 0 saturated heterocycles. The third kappa shape index (κ3) is 4.47. The maximum atomic E-state index is 13.6. The molecule has 0 spiro atoms. The smallest absolute Gasteiger partial charge is 0.255 e. The Balaban J connectivity index is 1.56. The van der Waals surface area contributed by atoms with Gasteiger partial charge >= 0.3 is 0 Å². The normalized spacial score (nSPS) is 20.5. The molecule has 182 valence electrons. The van der Waals surface area contributed by atoms with Crippen molar-refractivity contribution < 1.29 is 14.4 Å². The topological polar surface area (TPSA) is 78.8 Å². The lowest BCUT2D eigenvalue weighted by molar-refractivity contribution is -0.124. The van der Waals surface area contributed by atoms with Crippen LogP contribution in [0.3, 0.4) is 0 Å². The largest absolute Gasteiger partial charge is 0.322 e. The highest BCUT2D eigenvalue weighted by Gasteiger charge is 2.47.